The van der Waals surface area contributed by atoms with Gasteiger partial charge < -0.3 is 26.8 Å². The number of rotatable bonds is 12. The van der Waals surface area contributed by atoms with Gasteiger partial charge in [-0.05, 0) is 36.5 Å². The van der Waals surface area contributed by atoms with Gasteiger partial charge >= 0.3 is 5.97 Å². The Bertz CT molecular complexity index is 705. The van der Waals surface area contributed by atoms with Crippen molar-refractivity contribution in [3.05, 3.63) is 29.8 Å². The molecule has 1 unspecified atom stereocenters. The zero-order valence-corrected chi connectivity index (χ0v) is 17.0. The number of carbonyl (C=O) groups excluding carboxylic acids is 3. The summed E-state index contributed by atoms with van der Waals surface area (Å²) in [5, 5.41) is 16.5. The third-order valence-electron chi connectivity index (χ3n) is 4.43. The van der Waals surface area contributed by atoms with Gasteiger partial charge in [0.05, 0.1) is 12.5 Å². The minimum absolute atomic E-state index is 0.110. The molecule has 0 bridgehead atoms. The Morgan fingerprint density at radius 2 is 1.76 bits per heavy atom. The number of anilines is 1. The molecule has 0 aliphatic carbocycles. The molecule has 0 saturated carbocycles. The standard InChI is InChI=1S/C20H30N4O5/c1-12(2)18(23-11-25)19(27)22-10-17(26)24-16-6-4-14(5-7-16)9-15(21)8-13(3)20(28)29/h4-7,11-13,15,18H,8-10,21H2,1-3H3,(H,22,27)(H,23,25)(H,24,26)(H,28,29)/t13?,15-,18+/m1/s1. The van der Waals surface area contributed by atoms with E-state index in [2.05, 4.69) is 16.0 Å². The van der Waals surface area contributed by atoms with Crippen LogP contribution in [0.3, 0.4) is 0 Å². The smallest absolute Gasteiger partial charge is 0.306 e. The summed E-state index contributed by atoms with van der Waals surface area (Å²) in [6.07, 6.45) is 1.37. The second kappa shape index (κ2) is 11.8. The molecule has 9 nitrogen and oxygen atoms in total. The third kappa shape index (κ3) is 8.73. The number of carbonyl (C=O) groups is 4. The van der Waals surface area contributed by atoms with E-state index in [-0.39, 0.29) is 18.5 Å². The second-order valence-corrected chi connectivity index (χ2v) is 7.41. The average molecular weight is 406 g/mol. The van der Waals surface area contributed by atoms with Gasteiger partial charge in [-0.1, -0.05) is 32.9 Å². The lowest BCUT2D eigenvalue weighted by atomic mass is 9.97. The SMILES string of the molecule is CC(C[C@@H](N)Cc1ccc(NC(=O)CNC(=O)[C@@H](NC=O)C(C)C)cc1)C(=O)O. The van der Waals surface area contributed by atoms with Crippen LogP contribution in [-0.2, 0) is 25.6 Å². The summed E-state index contributed by atoms with van der Waals surface area (Å²) in [7, 11) is 0. The summed E-state index contributed by atoms with van der Waals surface area (Å²) in [6, 6.07) is 6.07. The zero-order valence-electron chi connectivity index (χ0n) is 17.0. The first-order chi connectivity index (χ1) is 13.6. The maximum atomic E-state index is 12.0. The van der Waals surface area contributed by atoms with Crippen LogP contribution in [-0.4, -0.2) is 47.9 Å². The highest BCUT2D eigenvalue weighted by molar-refractivity contribution is 5.95. The van der Waals surface area contributed by atoms with E-state index in [1.807, 2.05) is 12.1 Å². The maximum Gasteiger partial charge on any atom is 0.306 e. The van der Waals surface area contributed by atoms with E-state index < -0.39 is 29.7 Å². The summed E-state index contributed by atoms with van der Waals surface area (Å²) in [5.41, 5.74) is 7.49. The Balaban J connectivity index is 2.50. The van der Waals surface area contributed by atoms with Gasteiger partial charge in [0.2, 0.25) is 18.2 Å². The van der Waals surface area contributed by atoms with Crippen molar-refractivity contribution in [1.29, 1.82) is 0 Å². The molecule has 0 aromatic heterocycles. The first-order valence-electron chi connectivity index (χ1n) is 9.48. The Labute approximate surface area is 170 Å². The zero-order chi connectivity index (χ0) is 22.0. The number of hydrogen-bond acceptors (Lipinski definition) is 5. The number of hydrogen-bond donors (Lipinski definition) is 5. The molecule has 160 valence electrons. The van der Waals surface area contributed by atoms with Crippen LogP contribution >= 0.6 is 0 Å². The highest BCUT2D eigenvalue weighted by atomic mass is 16.4. The molecule has 0 aliphatic rings. The summed E-state index contributed by atoms with van der Waals surface area (Å²) in [6.45, 7) is 4.98. The van der Waals surface area contributed by atoms with E-state index in [4.69, 9.17) is 10.8 Å². The van der Waals surface area contributed by atoms with Crippen LogP contribution < -0.4 is 21.7 Å². The van der Waals surface area contributed by atoms with Crippen LogP contribution in [0.4, 0.5) is 5.69 Å². The first-order valence-corrected chi connectivity index (χ1v) is 9.48. The largest absolute Gasteiger partial charge is 0.481 e. The molecule has 0 saturated heterocycles. The predicted octanol–water partition coefficient (Wildman–Crippen LogP) is 0.493. The van der Waals surface area contributed by atoms with Crippen LogP contribution in [0.2, 0.25) is 0 Å². The van der Waals surface area contributed by atoms with Crippen LogP contribution in [0.25, 0.3) is 0 Å². The van der Waals surface area contributed by atoms with Gasteiger partial charge in [0.1, 0.15) is 6.04 Å². The molecular formula is C20H30N4O5. The van der Waals surface area contributed by atoms with Gasteiger partial charge in [-0.2, -0.15) is 0 Å². The van der Waals surface area contributed by atoms with Gasteiger partial charge in [-0.25, -0.2) is 0 Å². The van der Waals surface area contributed by atoms with Crippen LogP contribution in [0.15, 0.2) is 24.3 Å². The molecule has 0 heterocycles. The monoisotopic (exact) mass is 406 g/mol. The fraction of sp³-hybridized carbons (Fsp3) is 0.500. The van der Waals surface area contributed by atoms with Crippen molar-refractivity contribution in [2.24, 2.45) is 17.6 Å². The van der Waals surface area contributed by atoms with Crippen molar-refractivity contribution < 1.29 is 24.3 Å². The Morgan fingerprint density at radius 1 is 1.14 bits per heavy atom. The molecule has 1 aromatic carbocycles. The molecule has 1 rings (SSSR count). The van der Waals surface area contributed by atoms with Crippen molar-refractivity contribution in [1.82, 2.24) is 10.6 Å². The predicted molar refractivity (Wildman–Crippen MR) is 109 cm³/mol. The molecule has 29 heavy (non-hydrogen) atoms. The Hall–Kier alpha value is -2.94. The number of nitrogens with one attached hydrogen (secondary N) is 3. The summed E-state index contributed by atoms with van der Waals surface area (Å²) < 4.78 is 0. The molecule has 0 spiro atoms. The van der Waals surface area contributed by atoms with Crippen molar-refractivity contribution in [3.8, 4) is 0 Å². The van der Waals surface area contributed by atoms with Crippen LogP contribution in [0, 0.1) is 11.8 Å². The summed E-state index contributed by atoms with van der Waals surface area (Å²) in [5.74, 6) is -2.31. The molecule has 6 N–H and O–H groups in total. The molecule has 0 radical (unpaired) electrons. The lowest BCUT2D eigenvalue weighted by Crippen LogP contribution is -2.48. The van der Waals surface area contributed by atoms with Crippen LogP contribution in [0.5, 0.6) is 0 Å². The number of aliphatic carboxylic acids is 1. The van der Waals surface area contributed by atoms with E-state index >= 15 is 0 Å². The van der Waals surface area contributed by atoms with Gasteiger partial charge in [0, 0.05) is 11.7 Å². The van der Waals surface area contributed by atoms with Gasteiger partial charge in [-0.3, -0.25) is 19.2 Å². The van der Waals surface area contributed by atoms with E-state index in [0.29, 0.717) is 24.9 Å². The van der Waals surface area contributed by atoms with Crippen molar-refractivity contribution in [2.75, 3.05) is 11.9 Å². The number of benzene rings is 1. The normalized spacial score (nSPS) is 13.8. The summed E-state index contributed by atoms with van der Waals surface area (Å²) in [4.78, 5) is 45.5. The van der Waals surface area contributed by atoms with Crippen molar-refractivity contribution in [2.45, 2.75) is 45.7 Å². The fourth-order valence-electron chi connectivity index (χ4n) is 2.79. The van der Waals surface area contributed by atoms with E-state index in [9.17, 15) is 19.2 Å². The highest BCUT2D eigenvalue weighted by Gasteiger charge is 2.21. The lowest BCUT2D eigenvalue weighted by molar-refractivity contribution is -0.141. The van der Waals surface area contributed by atoms with E-state index in [0.717, 1.165) is 5.56 Å². The Morgan fingerprint density at radius 3 is 2.28 bits per heavy atom. The molecule has 1 aromatic rings. The first kappa shape index (κ1) is 24.1. The lowest BCUT2D eigenvalue weighted by Gasteiger charge is -2.19. The van der Waals surface area contributed by atoms with Crippen molar-refractivity contribution in [3.63, 3.8) is 0 Å². The average Bonchev–Trinajstić information content (AvgIpc) is 2.65. The minimum Gasteiger partial charge on any atom is -0.481 e. The molecule has 0 aliphatic heterocycles. The molecule has 0 fully saturated rings. The number of carboxylic acids is 1. The third-order valence-corrected chi connectivity index (χ3v) is 4.43. The quantitative estimate of drug-likeness (QED) is 0.319. The van der Waals surface area contributed by atoms with Gasteiger partial charge in [0.15, 0.2) is 0 Å². The second-order valence-electron chi connectivity index (χ2n) is 7.41. The number of carboxylic acid groups (broad SMARTS) is 1. The van der Waals surface area contributed by atoms with Crippen molar-refractivity contribution >= 4 is 29.9 Å². The van der Waals surface area contributed by atoms with Gasteiger partial charge in [0.25, 0.3) is 0 Å². The molecule has 9 heteroatoms. The fourth-order valence-corrected chi connectivity index (χ4v) is 2.79. The number of amides is 3. The van der Waals surface area contributed by atoms with Crippen LogP contribution in [0.1, 0.15) is 32.8 Å². The molecule has 3 atom stereocenters. The Kier molecular flexibility index (Phi) is 9.81. The minimum atomic E-state index is -0.868. The molecular weight excluding hydrogens is 376 g/mol. The maximum absolute atomic E-state index is 12.0. The van der Waals surface area contributed by atoms with E-state index in [1.54, 1.807) is 32.9 Å². The topological polar surface area (TPSA) is 151 Å². The van der Waals surface area contributed by atoms with Gasteiger partial charge in [-0.15, -0.1) is 0 Å². The number of nitrogens with two attached hydrogens (primary N) is 1. The highest BCUT2D eigenvalue weighted by Crippen LogP contribution is 2.14. The summed E-state index contributed by atoms with van der Waals surface area (Å²) >= 11 is 0. The molecule has 3 amide bonds. The van der Waals surface area contributed by atoms with E-state index in [1.165, 1.54) is 0 Å².